The number of rotatable bonds is 6. The Morgan fingerprint density at radius 1 is 1.28 bits per heavy atom. The van der Waals surface area contributed by atoms with Gasteiger partial charge in [0.05, 0.1) is 31.4 Å². The van der Waals surface area contributed by atoms with Gasteiger partial charge in [0.1, 0.15) is 18.0 Å². The van der Waals surface area contributed by atoms with E-state index in [4.69, 9.17) is 9.47 Å². The number of methoxy groups -OCH3 is 2. The zero-order chi connectivity index (χ0) is 18.6. The molecule has 1 aromatic rings. The summed E-state index contributed by atoms with van der Waals surface area (Å²) in [7, 11) is -0.127. The summed E-state index contributed by atoms with van der Waals surface area (Å²) in [6.45, 7) is 1.10. The molecule has 1 unspecified atom stereocenters. The van der Waals surface area contributed by atoms with E-state index in [0.717, 1.165) is 0 Å². The van der Waals surface area contributed by atoms with Crippen molar-refractivity contribution in [1.29, 1.82) is 0 Å². The van der Waals surface area contributed by atoms with Crippen LogP contribution in [0.2, 0.25) is 0 Å². The van der Waals surface area contributed by atoms with Crippen LogP contribution in [0.4, 0.5) is 5.69 Å². The molecule has 1 N–H and O–H groups in total. The predicted molar refractivity (Wildman–Crippen MR) is 92.8 cm³/mol. The number of sulfone groups is 1. The highest BCUT2D eigenvalue weighted by Crippen LogP contribution is 2.32. The van der Waals surface area contributed by atoms with Crippen LogP contribution in [0.5, 0.6) is 11.5 Å². The summed E-state index contributed by atoms with van der Waals surface area (Å²) >= 11 is 0. The molecule has 1 aromatic carbocycles. The van der Waals surface area contributed by atoms with Crippen molar-refractivity contribution >= 4 is 27.3 Å². The highest BCUT2D eigenvalue weighted by atomic mass is 32.2. The first-order valence-corrected chi connectivity index (χ1v) is 9.58. The number of ether oxygens (including phenoxy) is 2. The third kappa shape index (κ3) is 4.85. The second-order valence-corrected chi connectivity index (χ2v) is 8.04. The minimum atomic E-state index is -3.09. The summed E-state index contributed by atoms with van der Waals surface area (Å²) in [5, 5.41) is 2.67. The van der Waals surface area contributed by atoms with E-state index in [9.17, 15) is 18.0 Å². The van der Waals surface area contributed by atoms with Gasteiger partial charge in [0, 0.05) is 19.0 Å². The molecule has 0 radical (unpaired) electrons. The first-order valence-electron chi connectivity index (χ1n) is 7.75. The second kappa shape index (κ2) is 7.73. The predicted octanol–water partition coefficient (Wildman–Crippen LogP) is 0.360. The summed E-state index contributed by atoms with van der Waals surface area (Å²) in [6, 6.07) is 4.52. The van der Waals surface area contributed by atoms with Crippen LogP contribution in [-0.2, 0) is 19.4 Å². The van der Waals surface area contributed by atoms with Crippen LogP contribution in [0.25, 0.3) is 0 Å². The summed E-state index contributed by atoms with van der Waals surface area (Å²) in [4.78, 5) is 25.6. The Bertz CT molecular complexity index is 762. The molecule has 1 heterocycles. The Balaban J connectivity index is 2.16. The normalized spacial score (nSPS) is 18.4. The average Bonchev–Trinajstić information content (AvgIpc) is 2.90. The molecule has 2 rings (SSSR count). The van der Waals surface area contributed by atoms with Crippen LogP contribution in [0.15, 0.2) is 18.2 Å². The van der Waals surface area contributed by atoms with Crippen LogP contribution in [0.3, 0.4) is 0 Å². The summed E-state index contributed by atoms with van der Waals surface area (Å²) in [6.07, 6.45) is 0.386. The van der Waals surface area contributed by atoms with Crippen LogP contribution >= 0.6 is 0 Å². The maximum Gasteiger partial charge on any atom is 0.240 e. The van der Waals surface area contributed by atoms with E-state index in [1.54, 1.807) is 18.2 Å². The molecule has 25 heavy (non-hydrogen) atoms. The molecule has 138 valence electrons. The minimum Gasteiger partial charge on any atom is -0.497 e. The van der Waals surface area contributed by atoms with E-state index in [1.807, 2.05) is 0 Å². The van der Waals surface area contributed by atoms with Crippen molar-refractivity contribution in [2.75, 3.05) is 37.2 Å². The smallest absolute Gasteiger partial charge is 0.240 e. The van der Waals surface area contributed by atoms with Crippen molar-refractivity contribution in [3.05, 3.63) is 18.2 Å². The number of hydrogen-bond donors (Lipinski definition) is 1. The molecule has 0 aliphatic carbocycles. The molecule has 9 heteroatoms. The summed E-state index contributed by atoms with van der Waals surface area (Å²) in [5.41, 5.74) is 0.406. The van der Waals surface area contributed by atoms with Crippen molar-refractivity contribution in [3.63, 3.8) is 0 Å². The van der Waals surface area contributed by atoms with Crippen LogP contribution in [0.1, 0.15) is 13.3 Å². The molecule has 0 aromatic heterocycles. The van der Waals surface area contributed by atoms with Crippen molar-refractivity contribution in [2.24, 2.45) is 0 Å². The Morgan fingerprint density at radius 3 is 2.52 bits per heavy atom. The number of amides is 2. The molecule has 1 aliphatic heterocycles. The van der Waals surface area contributed by atoms with Gasteiger partial charge < -0.3 is 14.8 Å². The van der Waals surface area contributed by atoms with E-state index in [2.05, 4.69) is 5.32 Å². The SMILES string of the molecule is COc1ccc(OC)c(N(CC(=O)NC2CCS(=O)(=O)C2)C(C)=O)c1. The second-order valence-electron chi connectivity index (χ2n) is 5.81. The lowest BCUT2D eigenvalue weighted by atomic mass is 10.2. The Hall–Kier alpha value is -2.29. The highest BCUT2D eigenvalue weighted by Gasteiger charge is 2.30. The molecule has 0 saturated carbocycles. The van der Waals surface area contributed by atoms with Crippen molar-refractivity contribution < 1.29 is 27.5 Å². The van der Waals surface area contributed by atoms with E-state index in [-0.39, 0.29) is 24.0 Å². The maximum atomic E-state index is 12.3. The van der Waals surface area contributed by atoms with E-state index < -0.39 is 21.8 Å². The first kappa shape index (κ1) is 19.0. The average molecular weight is 370 g/mol. The largest absolute Gasteiger partial charge is 0.497 e. The van der Waals surface area contributed by atoms with Crippen LogP contribution < -0.4 is 19.7 Å². The third-order valence-corrected chi connectivity index (χ3v) is 5.72. The summed E-state index contributed by atoms with van der Waals surface area (Å²) in [5.74, 6) is 0.166. The van der Waals surface area contributed by atoms with Gasteiger partial charge in [-0.3, -0.25) is 14.5 Å². The van der Waals surface area contributed by atoms with Crippen LogP contribution in [-0.4, -0.2) is 58.5 Å². The fourth-order valence-corrected chi connectivity index (χ4v) is 4.37. The molecule has 0 bridgehead atoms. The highest BCUT2D eigenvalue weighted by molar-refractivity contribution is 7.91. The molecule has 1 saturated heterocycles. The fraction of sp³-hybridized carbons (Fsp3) is 0.500. The molecule has 1 aliphatic rings. The van der Waals surface area contributed by atoms with Gasteiger partial charge in [-0.25, -0.2) is 8.42 Å². The molecule has 2 amide bonds. The third-order valence-electron chi connectivity index (χ3n) is 3.96. The van der Waals surface area contributed by atoms with Gasteiger partial charge in [-0.2, -0.15) is 0 Å². The van der Waals surface area contributed by atoms with Crippen molar-refractivity contribution in [2.45, 2.75) is 19.4 Å². The number of hydrogen-bond acceptors (Lipinski definition) is 6. The monoisotopic (exact) mass is 370 g/mol. The maximum absolute atomic E-state index is 12.3. The van der Waals surface area contributed by atoms with Gasteiger partial charge in [-0.15, -0.1) is 0 Å². The standard InChI is InChI=1S/C16H22N2O6S/c1-11(19)18(14-8-13(23-2)4-5-15(14)24-3)9-16(20)17-12-6-7-25(21,22)10-12/h4-5,8,12H,6-7,9-10H2,1-3H3,(H,17,20). The van der Waals surface area contributed by atoms with E-state index in [0.29, 0.717) is 23.6 Å². The van der Waals surface area contributed by atoms with E-state index >= 15 is 0 Å². The first-order chi connectivity index (χ1) is 11.8. The number of nitrogens with one attached hydrogen (secondary N) is 1. The quantitative estimate of drug-likeness (QED) is 0.776. The number of nitrogens with zero attached hydrogens (tertiary/aromatic N) is 1. The minimum absolute atomic E-state index is 0.0675. The van der Waals surface area contributed by atoms with Gasteiger partial charge in [0.25, 0.3) is 0 Å². The number of carbonyl (C=O) groups excluding carboxylic acids is 2. The summed E-state index contributed by atoms with van der Waals surface area (Å²) < 4.78 is 33.4. The Morgan fingerprint density at radius 2 is 2.00 bits per heavy atom. The van der Waals surface area contributed by atoms with Crippen molar-refractivity contribution in [1.82, 2.24) is 5.32 Å². The number of carbonyl (C=O) groups is 2. The van der Waals surface area contributed by atoms with Crippen molar-refractivity contribution in [3.8, 4) is 11.5 Å². The zero-order valence-corrected chi connectivity index (χ0v) is 15.3. The molecular weight excluding hydrogens is 348 g/mol. The molecule has 1 atom stereocenters. The van der Waals surface area contributed by atoms with Gasteiger partial charge >= 0.3 is 0 Å². The van der Waals surface area contributed by atoms with Gasteiger partial charge in [-0.1, -0.05) is 0 Å². The van der Waals surface area contributed by atoms with E-state index in [1.165, 1.54) is 26.0 Å². The lowest BCUT2D eigenvalue weighted by Gasteiger charge is -2.24. The Kier molecular flexibility index (Phi) is 5.89. The zero-order valence-electron chi connectivity index (χ0n) is 14.4. The number of anilines is 1. The lowest BCUT2D eigenvalue weighted by Crippen LogP contribution is -2.44. The molecular formula is C16H22N2O6S. The fourth-order valence-electron chi connectivity index (χ4n) is 2.70. The molecule has 8 nitrogen and oxygen atoms in total. The Labute approximate surface area is 147 Å². The molecule has 1 fully saturated rings. The van der Waals surface area contributed by atoms with Gasteiger partial charge in [0.2, 0.25) is 11.8 Å². The topological polar surface area (TPSA) is 102 Å². The van der Waals surface area contributed by atoms with Gasteiger partial charge in [0.15, 0.2) is 9.84 Å². The lowest BCUT2D eigenvalue weighted by molar-refractivity contribution is -0.123. The molecule has 0 spiro atoms. The number of benzene rings is 1. The van der Waals surface area contributed by atoms with Gasteiger partial charge in [-0.05, 0) is 18.6 Å². The van der Waals surface area contributed by atoms with Crippen LogP contribution in [0, 0.1) is 0 Å².